The smallest absolute Gasteiger partial charge is 0.297 e. The molecule has 3 heterocycles. The number of nitrogens with zero attached hydrogens (tertiary/aromatic N) is 3. The van der Waals surface area contributed by atoms with Crippen LogP contribution >= 0.6 is 11.6 Å². The van der Waals surface area contributed by atoms with Gasteiger partial charge in [0.25, 0.3) is 5.56 Å². The molecule has 1 aliphatic heterocycles. The van der Waals surface area contributed by atoms with Crippen LogP contribution in [-0.2, 0) is 16.1 Å². The van der Waals surface area contributed by atoms with E-state index in [1.54, 1.807) is 31.2 Å². The molecule has 1 aromatic carbocycles. The molecule has 0 spiro atoms. The Kier molecular flexibility index (Phi) is 5.15. The van der Waals surface area contributed by atoms with Gasteiger partial charge in [-0.05, 0) is 31.9 Å². The number of rotatable bonds is 5. The number of amides is 1. The average Bonchev–Trinajstić information content (AvgIpc) is 3.33. The molecule has 1 N–H and O–H groups in total. The van der Waals surface area contributed by atoms with Gasteiger partial charge in [0.15, 0.2) is 5.52 Å². The Morgan fingerprint density at radius 3 is 2.86 bits per heavy atom. The molecule has 28 heavy (non-hydrogen) atoms. The van der Waals surface area contributed by atoms with Crippen molar-refractivity contribution < 1.29 is 14.1 Å². The first-order chi connectivity index (χ1) is 13.5. The van der Waals surface area contributed by atoms with E-state index < -0.39 is 5.56 Å². The molecule has 1 unspecified atom stereocenters. The van der Waals surface area contributed by atoms with Gasteiger partial charge in [0.05, 0.1) is 11.5 Å². The first-order valence-corrected chi connectivity index (χ1v) is 9.42. The molecule has 1 atom stereocenters. The van der Waals surface area contributed by atoms with Crippen LogP contribution in [0.3, 0.4) is 0 Å². The molecule has 0 aliphatic carbocycles. The van der Waals surface area contributed by atoms with E-state index in [-0.39, 0.29) is 24.1 Å². The molecule has 0 saturated carbocycles. The topological polar surface area (TPSA) is 99.2 Å². The van der Waals surface area contributed by atoms with Crippen molar-refractivity contribution in [2.45, 2.75) is 32.4 Å². The van der Waals surface area contributed by atoms with Crippen molar-refractivity contribution in [1.29, 1.82) is 0 Å². The van der Waals surface area contributed by atoms with Gasteiger partial charge in [0.2, 0.25) is 5.91 Å². The number of carbonyl (C=O) groups is 1. The molecular weight excluding hydrogens is 384 g/mol. The van der Waals surface area contributed by atoms with E-state index in [1.807, 2.05) is 0 Å². The van der Waals surface area contributed by atoms with E-state index in [0.29, 0.717) is 35.0 Å². The van der Waals surface area contributed by atoms with Crippen molar-refractivity contribution in [2.24, 2.45) is 0 Å². The van der Waals surface area contributed by atoms with Crippen LogP contribution in [0.2, 0.25) is 5.02 Å². The van der Waals surface area contributed by atoms with Gasteiger partial charge in [-0.3, -0.25) is 9.59 Å². The zero-order valence-corrected chi connectivity index (χ0v) is 16.0. The molecule has 9 heteroatoms. The zero-order chi connectivity index (χ0) is 19.7. The maximum atomic E-state index is 12.7. The first kappa shape index (κ1) is 18.6. The van der Waals surface area contributed by atoms with Gasteiger partial charge in [-0.2, -0.15) is 5.10 Å². The molecule has 0 radical (unpaired) electrons. The summed E-state index contributed by atoms with van der Waals surface area (Å²) in [5, 5.41) is 12.2. The van der Waals surface area contributed by atoms with E-state index in [2.05, 4.69) is 15.6 Å². The van der Waals surface area contributed by atoms with Crippen molar-refractivity contribution in [1.82, 2.24) is 20.3 Å². The molecule has 1 amide bonds. The van der Waals surface area contributed by atoms with Crippen LogP contribution in [0.15, 0.2) is 33.6 Å². The Hall–Kier alpha value is -2.71. The highest BCUT2D eigenvalue weighted by molar-refractivity contribution is 6.30. The number of benzene rings is 1. The summed E-state index contributed by atoms with van der Waals surface area (Å²) in [5.41, 5.74) is 0.923. The van der Waals surface area contributed by atoms with Crippen LogP contribution in [0, 0.1) is 6.92 Å². The van der Waals surface area contributed by atoms with Crippen LogP contribution < -0.4 is 10.9 Å². The molecule has 2 aromatic heterocycles. The van der Waals surface area contributed by atoms with Gasteiger partial charge in [-0.1, -0.05) is 28.9 Å². The summed E-state index contributed by atoms with van der Waals surface area (Å²) in [6, 6.07) is 7.06. The summed E-state index contributed by atoms with van der Waals surface area (Å²) in [6.45, 7) is 2.64. The summed E-state index contributed by atoms with van der Waals surface area (Å²) < 4.78 is 11.8. The number of hydrogen-bond donors (Lipinski definition) is 1. The molecule has 4 rings (SSSR count). The predicted octanol–water partition coefficient (Wildman–Crippen LogP) is 2.31. The molecular formula is C19H19ClN4O4. The Morgan fingerprint density at radius 2 is 2.14 bits per heavy atom. The third-order valence-corrected chi connectivity index (χ3v) is 4.97. The fourth-order valence-corrected chi connectivity index (χ4v) is 3.40. The Morgan fingerprint density at radius 1 is 1.36 bits per heavy atom. The summed E-state index contributed by atoms with van der Waals surface area (Å²) in [7, 11) is 0. The van der Waals surface area contributed by atoms with Gasteiger partial charge < -0.3 is 14.6 Å². The number of halogens is 1. The Balaban J connectivity index is 1.66. The van der Waals surface area contributed by atoms with Crippen LogP contribution in [0.25, 0.3) is 22.2 Å². The third kappa shape index (κ3) is 3.65. The number of ether oxygens (including phenoxy) is 1. The molecule has 1 aliphatic rings. The lowest BCUT2D eigenvalue weighted by atomic mass is 10.1. The van der Waals surface area contributed by atoms with Crippen molar-refractivity contribution in [3.8, 4) is 11.3 Å². The second kappa shape index (κ2) is 7.73. The summed E-state index contributed by atoms with van der Waals surface area (Å²) in [5.74, 6) is 0.172. The van der Waals surface area contributed by atoms with E-state index in [0.717, 1.165) is 23.1 Å². The minimum absolute atomic E-state index is 0.0268. The molecule has 146 valence electrons. The maximum absolute atomic E-state index is 12.7. The number of aryl methyl sites for hydroxylation is 1. The second-order valence-electron chi connectivity index (χ2n) is 6.72. The van der Waals surface area contributed by atoms with E-state index >= 15 is 0 Å². The Labute approximate surface area is 165 Å². The first-order valence-electron chi connectivity index (χ1n) is 9.04. The van der Waals surface area contributed by atoms with E-state index in [4.69, 9.17) is 20.9 Å². The third-order valence-electron chi connectivity index (χ3n) is 4.72. The number of hydrogen-bond acceptors (Lipinski definition) is 6. The maximum Gasteiger partial charge on any atom is 0.297 e. The summed E-state index contributed by atoms with van der Waals surface area (Å²) in [6.07, 6.45) is 1.94. The Bertz CT molecular complexity index is 1070. The number of nitrogens with one attached hydrogen (secondary N) is 1. The van der Waals surface area contributed by atoms with Crippen LogP contribution in [-0.4, -0.2) is 40.1 Å². The van der Waals surface area contributed by atoms with Crippen LogP contribution in [0.5, 0.6) is 0 Å². The van der Waals surface area contributed by atoms with Crippen LogP contribution in [0.1, 0.15) is 18.6 Å². The van der Waals surface area contributed by atoms with Gasteiger partial charge in [0, 0.05) is 23.7 Å². The van der Waals surface area contributed by atoms with Gasteiger partial charge in [0.1, 0.15) is 18.0 Å². The normalized spacial score (nSPS) is 16.6. The van der Waals surface area contributed by atoms with E-state index in [1.165, 1.54) is 0 Å². The minimum Gasteiger partial charge on any atom is -0.376 e. The molecule has 1 saturated heterocycles. The lowest BCUT2D eigenvalue weighted by Gasteiger charge is -2.12. The summed E-state index contributed by atoms with van der Waals surface area (Å²) in [4.78, 5) is 25.1. The van der Waals surface area contributed by atoms with E-state index in [9.17, 15) is 9.59 Å². The zero-order valence-electron chi connectivity index (χ0n) is 15.3. The molecule has 8 nitrogen and oxygen atoms in total. The second-order valence-corrected chi connectivity index (χ2v) is 7.16. The number of carbonyl (C=O) groups excluding carboxylic acids is 1. The molecule has 0 bridgehead atoms. The standard InChI is InChI=1S/C19H19ClN4O4/c1-11-16-17(12-4-6-13(20)7-5-12)22-24(19(26)18(16)23-28-11)10-15(25)21-9-14-3-2-8-27-14/h4-7,14H,2-3,8-10H2,1H3,(H,21,25). The number of aromatic nitrogens is 3. The lowest BCUT2D eigenvalue weighted by Crippen LogP contribution is -2.37. The van der Waals surface area contributed by atoms with Crippen molar-refractivity contribution >= 4 is 28.4 Å². The lowest BCUT2D eigenvalue weighted by molar-refractivity contribution is -0.122. The highest BCUT2D eigenvalue weighted by atomic mass is 35.5. The molecule has 3 aromatic rings. The quantitative estimate of drug-likeness (QED) is 0.703. The van der Waals surface area contributed by atoms with Crippen molar-refractivity contribution in [3.05, 3.63) is 45.4 Å². The number of fused-ring (bicyclic) bond motifs is 1. The highest BCUT2D eigenvalue weighted by Crippen LogP contribution is 2.28. The van der Waals surface area contributed by atoms with Crippen molar-refractivity contribution in [2.75, 3.05) is 13.2 Å². The monoisotopic (exact) mass is 402 g/mol. The molecule has 1 fully saturated rings. The average molecular weight is 403 g/mol. The summed E-state index contributed by atoms with van der Waals surface area (Å²) >= 11 is 5.97. The van der Waals surface area contributed by atoms with Crippen LogP contribution in [0.4, 0.5) is 0 Å². The van der Waals surface area contributed by atoms with Gasteiger partial charge >= 0.3 is 0 Å². The fraction of sp³-hybridized carbons (Fsp3) is 0.368. The predicted molar refractivity (Wildman–Crippen MR) is 103 cm³/mol. The largest absolute Gasteiger partial charge is 0.376 e. The SMILES string of the molecule is Cc1onc2c(=O)n(CC(=O)NCC3CCCO3)nc(-c3ccc(Cl)cc3)c12. The highest BCUT2D eigenvalue weighted by Gasteiger charge is 2.21. The van der Waals surface area contributed by atoms with Gasteiger partial charge in [-0.15, -0.1) is 0 Å². The fourth-order valence-electron chi connectivity index (χ4n) is 3.28. The van der Waals surface area contributed by atoms with Crippen molar-refractivity contribution in [3.63, 3.8) is 0 Å². The van der Waals surface area contributed by atoms with Gasteiger partial charge in [-0.25, -0.2) is 4.68 Å². The minimum atomic E-state index is -0.475.